The van der Waals surface area contributed by atoms with Crippen molar-refractivity contribution in [2.45, 2.75) is 19.6 Å². The number of pyridine rings is 1. The molecule has 5 aromatic rings. The van der Waals surface area contributed by atoms with Gasteiger partial charge >= 0.3 is 0 Å². The Labute approximate surface area is 234 Å². The Bertz CT molecular complexity index is 1750. The van der Waals surface area contributed by atoms with E-state index >= 15 is 0 Å². The van der Waals surface area contributed by atoms with Crippen LogP contribution in [0.4, 0.5) is 10.1 Å². The summed E-state index contributed by atoms with van der Waals surface area (Å²) in [7, 11) is 0. The maximum Gasteiger partial charge on any atom is 0.294 e. The Morgan fingerprint density at radius 1 is 0.805 bits per heavy atom. The van der Waals surface area contributed by atoms with E-state index in [0.717, 1.165) is 11.1 Å². The van der Waals surface area contributed by atoms with E-state index in [9.17, 15) is 23.9 Å². The lowest BCUT2D eigenvalue weighted by atomic mass is 10.0. The molecule has 2 amide bonds. The summed E-state index contributed by atoms with van der Waals surface area (Å²) in [5.41, 5.74) is 1.66. The molecular formula is C32H26FN3O5. The predicted molar refractivity (Wildman–Crippen MR) is 153 cm³/mol. The van der Waals surface area contributed by atoms with E-state index in [1.54, 1.807) is 30.3 Å². The fourth-order valence-electron chi connectivity index (χ4n) is 4.36. The number of carbonyl (C=O) groups excluding carboxylic acids is 2. The van der Waals surface area contributed by atoms with Crippen LogP contribution in [0.15, 0.2) is 108 Å². The molecule has 0 aliphatic heterocycles. The van der Waals surface area contributed by atoms with Gasteiger partial charge < -0.3 is 20.6 Å². The number of benzene rings is 4. The first-order valence-corrected chi connectivity index (χ1v) is 12.8. The van der Waals surface area contributed by atoms with Crippen molar-refractivity contribution < 1.29 is 23.9 Å². The molecule has 206 valence electrons. The minimum absolute atomic E-state index is 0.0516. The van der Waals surface area contributed by atoms with E-state index in [2.05, 4.69) is 10.6 Å². The number of carbonyl (C=O) groups is 2. The number of hydrogen-bond donors (Lipinski definition) is 3. The zero-order chi connectivity index (χ0) is 28.8. The first kappa shape index (κ1) is 27.1. The molecule has 0 aliphatic carbocycles. The molecule has 41 heavy (non-hydrogen) atoms. The van der Waals surface area contributed by atoms with Gasteiger partial charge in [0.05, 0.1) is 11.8 Å². The van der Waals surface area contributed by atoms with Gasteiger partial charge in [0.2, 0.25) is 11.8 Å². The fourth-order valence-corrected chi connectivity index (χ4v) is 4.36. The number of rotatable bonds is 9. The van der Waals surface area contributed by atoms with Gasteiger partial charge in [0.25, 0.3) is 11.5 Å². The van der Waals surface area contributed by atoms with Gasteiger partial charge in [-0.2, -0.15) is 0 Å². The summed E-state index contributed by atoms with van der Waals surface area (Å²) in [4.78, 5) is 45.1. The van der Waals surface area contributed by atoms with Gasteiger partial charge in [-0.25, -0.2) is 4.39 Å². The van der Waals surface area contributed by atoms with Crippen LogP contribution in [0.3, 0.4) is 0 Å². The van der Waals surface area contributed by atoms with E-state index in [4.69, 9.17) is 4.84 Å². The normalized spacial score (nSPS) is 10.8. The molecule has 0 saturated carbocycles. The van der Waals surface area contributed by atoms with E-state index in [-0.39, 0.29) is 41.8 Å². The lowest BCUT2D eigenvalue weighted by molar-refractivity contribution is -0.115. The lowest BCUT2D eigenvalue weighted by Crippen LogP contribution is -2.31. The van der Waals surface area contributed by atoms with Gasteiger partial charge in [-0.1, -0.05) is 78.9 Å². The molecule has 0 fully saturated rings. The third kappa shape index (κ3) is 6.42. The molecule has 4 aromatic carbocycles. The average molecular weight is 552 g/mol. The zero-order valence-electron chi connectivity index (χ0n) is 21.8. The molecule has 0 radical (unpaired) electrons. The standard InChI is InChI=1S/C32H26FN3O5/c33-24-13-11-22(12-14-24)19-34-30(38)29-26-16-15-25(35-28(37)17-21-7-3-1-4-8-21)18-27(26)31(39)36(32(29)40)41-20-23-9-5-2-6-10-23/h1-16,18,40H,17,19-20H2,(H,34,38)(H,35,37). The Kier molecular flexibility index (Phi) is 8.05. The number of fused-ring (bicyclic) bond motifs is 1. The van der Waals surface area contributed by atoms with Gasteiger partial charge in [0, 0.05) is 17.6 Å². The van der Waals surface area contributed by atoms with Crippen LogP contribution in [0.25, 0.3) is 10.8 Å². The maximum atomic E-state index is 13.5. The van der Waals surface area contributed by atoms with Crippen LogP contribution >= 0.6 is 0 Å². The molecule has 0 unspecified atom stereocenters. The van der Waals surface area contributed by atoms with Crippen LogP contribution in [0.1, 0.15) is 27.0 Å². The van der Waals surface area contributed by atoms with Crippen molar-refractivity contribution in [1.29, 1.82) is 0 Å². The average Bonchev–Trinajstić information content (AvgIpc) is 2.98. The summed E-state index contributed by atoms with van der Waals surface area (Å²) >= 11 is 0. The Morgan fingerprint density at radius 3 is 2.15 bits per heavy atom. The van der Waals surface area contributed by atoms with Crippen molar-refractivity contribution in [3.8, 4) is 5.88 Å². The fraction of sp³-hybridized carbons (Fsp3) is 0.0938. The largest absolute Gasteiger partial charge is 0.492 e. The number of aromatic hydroxyl groups is 1. The third-order valence-electron chi connectivity index (χ3n) is 6.41. The summed E-state index contributed by atoms with van der Waals surface area (Å²) in [6.07, 6.45) is 0.135. The summed E-state index contributed by atoms with van der Waals surface area (Å²) < 4.78 is 14.0. The summed E-state index contributed by atoms with van der Waals surface area (Å²) in [5.74, 6) is -2.03. The van der Waals surface area contributed by atoms with E-state index in [1.165, 1.54) is 36.4 Å². The number of anilines is 1. The summed E-state index contributed by atoms with van der Waals surface area (Å²) in [5, 5.41) is 16.8. The van der Waals surface area contributed by atoms with E-state index < -0.39 is 23.2 Å². The maximum absolute atomic E-state index is 13.5. The van der Waals surface area contributed by atoms with E-state index in [1.807, 2.05) is 36.4 Å². The van der Waals surface area contributed by atoms with E-state index in [0.29, 0.717) is 16.0 Å². The van der Waals surface area contributed by atoms with Crippen LogP contribution < -0.4 is 21.0 Å². The molecule has 1 heterocycles. The number of amides is 2. The second-order valence-electron chi connectivity index (χ2n) is 9.34. The van der Waals surface area contributed by atoms with Gasteiger partial charge in [-0.05, 0) is 41.0 Å². The SMILES string of the molecule is O=C(Cc1ccccc1)Nc1ccc2c(C(=O)NCc3ccc(F)cc3)c(O)n(OCc3ccccc3)c(=O)c2c1. The number of halogens is 1. The van der Waals surface area contributed by atoms with Crippen molar-refractivity contribution >= 4 is 28.3 Å². The molecule has 0 aliphatic rings. The monoisotopic (exact) mass is 551 g/mol. The van der Waals surface area contributed by atoms with Crippen molar-refractivity contribution in [1.82, 2.24) is 10.0 Å². The Balaban J connectivity index is 1.49. The Morgan fingerprint density at radius 2 is 1.46 bits per heavy atom. The second-order valence-corrected chi connectivity index (χ2v) is 9.34. The highest BCUT2D eigenvalue weighted by molar-refractivity contribution is 6.09. The van der Waals surface area contributed by atoms with Gasteiger partial charge in [-0.3, -0.25) is 14.4 Å². The summed E-state index contributed by atoms with van der Waals surface area (Å²) in [6, 6.07) is 28.3. The highest BCUT2D eigenvalue weighted by Gasteiger charge is 2.23. The predicted octanol–water partition coefficient (Wildman–Crippen LogP) is 4.59. The topological polar surface area (TPSA) is 110 Å². The molecule has 5 rings (SSSR count). The van der Waals surface area contributed by atoms with Crippen LogP contribution in [-0.2, 0) is 24.4 Å². The van der Waals surface area contributed by atoms with Crippen LogP contribution in [0, 0.1) is 5.82 Å². The molecule has 0 bridgehead atoms. The Hall–Kier alpha value is -5.44. The first-order valence-electron chi connectivity index (χ1n) is 12.8. The smallest absolute Gasteiger partial charge is 0.294 e. The number of nitrogens with zero attached hydrogens (tertiary/aromatic N) is 1. The van der Waals surface area contributed by atoms with Crippen LogP contribution in [-0.4, -0.2) is 21.7 Å². The minimum atomic E-state index is -0.706. The molecular weight excluding hydrogens is 525 g/mol. The molecule has 9 heteroatoms. The highest BCUT2D eigenvalue weighted by atomic mass is 19.1. The molecule has 8 nitrogen and oxygen atoms in total. The van der Waals surface area contributed by atoms with Crippen molar-refractivity contribution in [3.63, 3.8) is 0 Å². The van der Waals surface area contributed by atoms with Gasteiger partial charge in [0.1, 0.15) is 18.0 Å². The number of hydrogen-bond acceptors (Lipinski definition) is 5. The van der Waals surface area contributed by atoms with Gasteiger partial charge in [-0.15, -0.1) is 4.73 Å². The molecule has 0 atom stereocenters. The van der Waals surface area contributed by atoms with Gasteiger partial charge in [0.15, 0.2) is 0 Å². The first-order chi connectivity index (χ1) is 19.9. The molecule has 1 aromatic heterocycles. The third-order valence-corrected chi connectivity index (χ3v) is 6.41. The molecule has 0 saturated heterocycles. The zero-order valence-corrected chi connectivity index (χ0v) is 21.8. The number of nitrogens with one attached hydrogen (secondary N) is 2. The quantitative estimate of drug-likeness (QED) is 0.248. The highest BCUT2D eigenvalue weighted by Crippen LogP contribution is 2.27. The lowest BCUT2D eigenvalue weighted by Gasteiger charge is -2.17. The summed E-state index contributed by atoms with van der Waals surface area (Å²) in [6.45, 7) is 0.00161. The van der Waals surface area contributed by atoms with Crippen molar-refractivity contribution in [3.05, 3.63) is 142 Å². The van der Waals surface area contributed by atoms with Crippen molar-refractivity contribution in [2.24, 2.45) is 0 Å². The second kappa shape index (κ2) is 12.2. The molecule has 3 N–H and O–H groups in total. The van der Waals surface area contributed by atoms with Crippen molar-refractivity contribution in [2.75, 3.05) is 5.32 Å². The van der Waals surface area contributed by atoms with Crippen LogP contribution in [0.2, 0.25) is 0 Å². The molecule has 0 spiro atoms. The number of aromatic nitrogens is 1. The van der Waals surface area contributed by atoms with Crippen LogP contribution in [0.5, 0.6) is 5.88 Å². The minimum Gasteiger partial charge on any atom is -0.492 e.